The lowest BCUT2D eigenvalue weighted by Gasteiger charge is -2.24. The Morgan fingerprint density at radius 3 is 2.23 bits per heavy atom. The summed E-state index contributed by atoms with van der Waals surface area (Å²) in [5, 5.41) is 0. The van der Waals surface area contributed by atoms with Crippen molar-refractivity contribution in [3.8, 4) is 5.75 Å². The maximum Gasteiger partial charge on any atom is 0.573 e. The van der Waals surface area contributed by atoms with Gasteiger partial charge in [-0.3, -0.25) is 4.57 Å². The molecule has 10 heteroatoms. The number of hydrogen-bond donors (Lipinski definition) is 1. The van der Waals surface area contributed by atoms with Crippen molar-refractivity contribution in [2.24, 2.45) is 5.73 Å². The van der Waals surface area contributed by atoms with E-state index in [0.717, 1.165) is 12.1 Å². The summed E-state index contributed by atoms with van der Waals surface area (Å²) in [6.07, 6.45) is -4.84. The van der Waals surface area contributed by atoms with Gasteiger partial charge in [0.25, 0.3) is 0 Å². The molecule has 126 valence electrons. The molecule has 0 heterocycles. The van der Waals surface area contributed by atoms with Crippen LogP contribution >= 0.6 is 23.5 Å². The first kappa shape index (κ1) is 19.4. The van der Waals surface area contributed by atoms with Crippen molar-refractivity contribution in [1.29, 1.82) is 0 Å². The molecule has 0 aliphatic heterocycles. The van der Waals surface area contributed by atoms with Gasteiger partial charge in [0.2, 0.25) is 0 Å². The van der Waals surface area contributed by atoms with Crippen LogP contribution in [0.1, 0.15) is 25.2 Å². The SMILES string of the molecule is CCOP(=O)(OCC)[C@@H](N)c1cc(Br)cc(OC(F)(F)F)c1. The molecule has 1 aromatic carbocycles. The number of rotatable bonds is 7. The molecule has 0 bridgehead atoms. The summed E-state index contributed by atoms with van der Waals surface area (Å²) in [6.45, 7) is 3.39. The van der Waals surface area contributed by atoms with Crippen molar-refractivity contribution in [3.63, 3.8) is 0 Å². The van der Waals surface area contributed by atoms with Crippen LogP contribution in [0.15, 0.2) is 22.7 Å². The lowest BCUT2D eigenvalue weighted by Crippen LogP contribution is -2.18. The monoisotopic (exact) mass is 405 g/mol. The zero-order chi connectivity index (χ0) is 17.0. The van der Waals surface area contributed by atoms with Crippen molar-refractivity contribution in [3.05, 3.63) is 28.2 Å². The number of alkyl halides is 3. The van der Waals surface area contributed by atoms with Gasteiger partial charge in [-0.25, -0.2) is 0 Å². The Labute approximate surface area is 134 Å². The van der Waals surface area contributed by atoms with E-state index in [1.165, 1.54) is 6.07 Å². The minimum atomic E-state index is -4.84. The van der Waals surface area contributed by atoms with Gasteiger partial charge < -0.3 is 19.5 Å². The molecule has 0 saturated carbocycles. The van der Waals surface area contributed by atoms with Crippen LogP contribution in [-0.2, 0) is 13.6 Å². The van der Waals surface area contributed by atoms with E-state index in [1.54, 1.807) is 13.8 Å². The molecule has 5 nitrogen and oxygen atoms in total. The van der Waals surface area contributed by atoms with Gasteiger partial charge >= 0.3 is 14.0 Å². The smallest absolute Gasteiger partial charge is 0.406 e. The highest BCUT2D eigenvalue weighted by Crippen LogP contribution is 2.58. The second-order valence-electron chi connectivity index (χ2n) is 4.09. The summed E-state index contributed by atoms with van der Waals surface area (Å²) >= 11 is 3.06. The molecule has 0 aromatic heterocycles. The molecule has 22 heavy (non-hydrogen) atoms. The lowest BCUT2D eigenvalue weighted by atomic mass is 10.2. The standard InChI is InChI=1S/C12H16BrF3NO4P/c1-3-19-22(18,20-4-2)11(17)8-5-9(13)7-10(6-8)21-12(14,15)16/h5-7,11H,3-4,17H2,1-2H3/t11-/m1/s1. The first-order chi connectivity index (χ1) is 10.1. The molecule has 1 aromatic rings. The molecule has 1 atom stereocenters. The van der Waals surface area contributed by atoms with Gasteiger partial charge in [0.05, 0.1) is 13.2 Å². The van der Waals surface area contributed by atoms with Gasteiger partial charge in [0.15, 0.2) is 0 Å². The van der Waals surface area contributed by atoms with E-state index in [9.17, 15) is 17.7 Å². The maximum atomic E-state index is 12.6. The Hall–Kier alpha value is -0.600. The summed E-state index contributed by atoms with van der Waals surface area (Å²) in [6, 6.07) is 3.60. The second-order valence-corrected chi connectivity index (χ2v) is 7.16. The molecule has 0 unspecified atom stereocenters. The minimum Gasteiger partial charge on any atom is -0.406 e. The van der Waals surface area contributed by atoms with Gasteiger partial charge in [-0.15, -0.1) is 13.2 Å². The Kier molecular flexibility index (Phi) is 6.88. The summed E-state index contributed by atoms with van der Waals surface area (Å²) in [5.41, 5.74) is 6.01. The first-order valence-corrected chi connectivity index (χ1v) is 8.72. The van der Waals surface area contributed by atoms with Crippen LogP contribution in [0.3, 0.4) is 0 Å². The van der Waals surface area contributed by atoms with Crippen molar-refractivity contribution in [2.45, 2.75) is 26.0 Å². The summed E-state index contributed by atoms with van der Waals surface area (Å²) in [7, 11) is -3.70. The van der Waals surface area contributed by atoms with Crippen LogP contribution in [0.5, 0.6) is 5.75 Å². The first-order valence-electron chi connectivity index (χ1n) is 6.32. The largest absolute Gasteiger partial charge is 0.573 e. The Balaban J connectivity index is 3.16. The molecular formula is C12H16BrF3NO4P. The lowest BCUT2D eigenvalue weighted by molar-refractivity contribution is -0.274. The highest BCUT2D eigenvalue weighted by Gasteiger charge is 2.35. The molecule has 0 aliphatic rings. The summed E-state index contributed by atoms with van der Waals surface area (Å²) in [4.78, 5) is 0. The van der Waals surface area contributed by atoms with Gasteiger partial charge in [-0.2, -0.15) is 0 Å². The Morgan fingerprint density at radius 2 is 1.77 bits per heavy atom. The zero-order valence-electron chi connectivity index (χ0n) is 11.9. The van der Waals surface area contributed by atoms with Crippen molar-refractivity contribution >= 4 is 23.5 Å². The van der Waals surface area contributed by atoms with Crippen molar-refractivity contribution in [2.75, 3.05) is 13.2 Å². The quantitative estimate of drug-likeness (QED) is 0.672. The average molecular weight is 406 g/mol. The fraction of sp³-hybridized carbons (Fsp3) is 0.500. The molecule has 0 fully saturated rings. The molecule has 0 aliphatic carbocycles. The molecule has 0 amide bonds. The van der Waals surface area contributed by atoms with E-state index in [4.69, 9.17) is 14.8 Å². The molecule has 2 N–H and O–H groups in total. The van der Waals surface area contributed by atoms with E-state index in [0.29, 0.717) is 4.47 Å². The molecule has 1 rings (SSSR count). The Bertz CT molecular complexity index is 546. The van der Waals surface area contributed by atoms with E-state index < -0.39 is 25.5 Å². The predicted molar refractivity (Wildman–Crippen MR) is 78.6 cm³/mol. The highest BCUT2D eigenvalue weighted by atomic mass is 79.9. The Morgan fingerprint density at radius 1 is 1.23 bits per heavy atom. The van der Waals surface area contributed by atoms with Crippen LogP contribution in [0.4, 0.5) is 13.2 Å². The van der Waals surface area contributed by atoms with Crippen LogP contribution in [0.2, 0.25) is 0 Å². The third kappa shape index (κ3) is 5.55. The zero-order valence-corrected chi connectivity index (χ0v) is 14.4. The minimum absolute atomic E-state index is 0.0882. The number of halogens is 4. The van der Waals surface area contributed by atoms with E-state index in [1.807, 2.05) is 0 Å². The fourth-order valence-electron chi connectivity index (χ4n) is 1.69. The maximum absolute atomic E-state index is 12.6. The number of benzene rings is 1. The van der Waals surface area contributed by atoms with Gasteiger partial charge in [-0.1, -0.05) is 15.9 Å². The molecular weight excluding hydrogens is 390 g/mol. The van der Waals surface area contributed by atoms with Crippen LogP contribution in [0.25, 0.3) is 0 Å². The average Bonchev–Trinajstić information content (AvgIpc) is 2.35. The fourth-order valence-corrected chi connectivity index (χ4v) is 3.81. The van der Waals surface area contributed by atoms with Crippen molar-refractivity contribution < 1.29 is 31.5 Å². The third-order valence-electron chi connectivity index (χ3n) is 2.43. The van der Waals surface area contributed by atoms with Gasteiger partial charge in [0.1, 0.15) is 11.5 Å². The van der Waals surface area contributed by atoms with Gasteiger partial charge in [0, 0.05) is 4.47 Å². The van der Waals surface area contributed by atoms with E-state index in [-0.39, 0.29) is 18.8 Å². The van der Waals surface area contributed by atoms with Crippen LogP contribution < -0.4 is 10.5 Å². The normalized spacial score (nSPS) is 14.0. The second kappa shape index (κ2) is 7.79. The number of nitrogens with two attached hydrogens (primary N) is 1. The molecule has 0 spiro atoms. The highest BCUT2D eigenvalue weighted by molar-refractivity contribution is 9.10. The van der Waals surface area contributed by atoms with E-state index in [2.05, 4.69) is 20.7 Å². The number of hydrogen-bond acceptors (Lipinski definition) is 5. The molecule has 0 saturated heterocycles. The predicted octanol–water partition coefficient (Wildman–Crippen LogP) is 4.57. The van der Waals surface area contributed by atoms with E-state index >= 15 is 0 Å². The van der Waals surface area contributed by atoms with Crippen molar-refractivity contribution in [1.82, 2.24) is 0 Å². The summed E-state index contributed by atoms with van der Waals surface area (Å²) in [5.74, 6) is -1.72. The summed E-state index contributed by atoms with van der Waals surface area (Å²) < 4.78 is 63.8. The third-order valence-corrected chi connectivity index (χ3v) is 5.10. The number of ether oxygens (including phenoxy) is 1. The van der Waals surface area contributed by atoms with Crippen LogP contribution in [0, 0.1) is 0 Å². The topological polar surface area (TPSA) is 70.8 Å². The van der Waals surface area contributed by atoms with Gasteiger partial charge in [-0.05, 0) is 37.6 Å². The molecule has 0 radical (unpaired) electrons. The van der Waals surface area contributed by atoms with Crippen LogP contribution in [-0.4, -0.2) is 19.6 Å².